The van der Waals surface area contributed by atoms with Crippen LogP contribution in [0.15, 0.2) is 48.5 Å². The van der Waals surface area contributed by atoms with Crippen molar-refractivity contribution in [2.75, 3.05) is 19.7 Å². The van der Waals surface area contributed by atoms with Crippen molar-refractivity contribution in [2.45, 2.75) is 25.5 Å². The van der Waals surface area contributed by atoms with Crippen molar-refractivity contribution in [3.63, 3.8) is 0 Å². The van der Waals surface area contributed by atoms with Crippen LogP contribution in [0.2, 0.25) is 0 Å². The Bertz CT molecular complexity index is 819. The van der Waals surface area contributed by atoms with Crippen molar-refractivity contribution in [2.24, 2.45) is 5.92 Å². The van der Waals surface area contributed by atoms with E-state index >= 15 is 0 Å². The van der Waals surface area contributed by atoms with Crippen molar-refractivity contribution < 1.29 is 17.5 Å². The van der Waals surface area contributed by atoms with Crippen LogP contribution >= 0.6 is 0 Å². The normalized spacial score (nSPS) is 18.6. The van der Waals surface area contributed by atoms with Crippen LogP contribution in [0.25, 0.3) is 0 Å². The van der Waals surface area contributed by atoms with Crippen LogP contribution in [0.4, 0.5) is 4.39 Å². The van der Waals surface area contributed by atoms with E-state index in [9.17, 15) is 12.8 Å². The molecule has 0 spiro atoms. The van der Waals surface area contributed by atoms with E-state index in [-0.39, 0.29) is 17.5 Å². The lowest BCUT2D eigenvalue weighted by atomic mass is 10.0. The van der Waals surface area contributed by atoms with Crippen LogP contribution in [0.3, 0.4) is 0 Å². The summed E-state index contributed by atoms with van der Waals surface area (Å²) in [6.07, 6.45) is 1.78. The highest BCUT2D eigenvalue weighted by Gasteiger charge is 2.29. The summed E-state index contributed by atoms with van der Waals surface area (Å²) in [6, 6.07) is 13.5. The number of hydrogen-bond donors (Lipinski definition) is 0. The SMILES string of the molecule is Cc1ccc(OCC2CCCN(S(=O)(=O)Cc3ccc(F)cc3)C2)cc1. The summed E-state index contributed by atoms with van der Waals surface area (Å²) in [7, 11) is -3.42. The molecule has 140 valence electrons. The minimum Gasteiger partial charge on any atom is -0.493 e. The molecule has 1 atom stereocenters. The molecule has 2 aromatic carbocycles. The van der Waals surface area contributed by atoms with E-state index in [1.54, 1.807) is 4.31 Å². The van der Waals surface area contributed by atoms with Crippen LogP contribution in [-0.2, 0) is 15.8 Å². The zero-order chi connectivity index (χ0) is 18.6. The Hall–Kier alpha value is -1.92. The second-order valence-corrected chi connectivity index (χ2v) is 8.84. The average molecular weight is 377 g/mol. The molecular formula is C20H24FNO3S. The molecule has 0 saturated carbocycles. The van der Waals surface area contributed by atoms with E-state index in [4.69, 9.17) is 4.74 Å². The summed E-state index contributed by atoms with van der Waals surface area (Å²) >= 11 is 0. The van der Waals surface area contributed by atoms with Crippen molar-refractivity contribution >= 4 is 10.0 Å². The maximum absolute atomic E-state index is 13.0. The van der Waals surface area contributed by atoms with Gasteiger partial charge in [0.15, 0.2) is 0 Å². The number of benzene rings is 2. The molecule has 0 aliphatic carbocycles. The number of halogens is 1. The summed E-state index contributed by atoms with van der Waals surface area (Å²) in [4.78, 5) is 0. The summed E-state index contributed by atoms with van der Waals surface area (Å²) in [5, 5.41) is 0. The third kappa shape index (κ3) is 5.05. The number of sulfonamides is 1. The van der Waals surface area contributed by atoms with E-state index in [0.717, 1.165) is 18.6 Å². The standard InChI is InChI=1S/C20H24FNO3S/c1-16-4-10-20(11-5-16)25-14-18-3-2-12-22(13-18)26(23,24)15-17-6-8-19(21)9-7-17/h4-11,18H,2-3,12-15H2,1H3. The molecule has 0 bridgehead atoms. The largest absolute Gasteiger partial charge is 0.493 e. The molecule has 2 aromatic rings. The molecule has 0 amide bonds. The van der Waals surface area contributed by atoms with Crippen LogP contribution in [0, 0.1) is 18.7 Å². The van der Waals surface area contributed by atoms with Gasteiger partial charge < -0.3 is 4.74 Å². The fourth-order valence-electron chi connectivity index (χ4n) is 3.15. The fraction of sp³-hybridized carbons (Fsp3) is 0.400. The van der Waals surface area contributed by atoms with Crippen LogP contribution in [-0.4, -0.2) is 32.4 Å². The quantitative estimate of drug-likeness (QED) is 0.770. The second kappa shape index (κ2) is 8.18. The minimum atomic E-state index is -3.42. The summed E-state index contributed by atoms with van der Waals surface area (Å²) in [6.45, 7) is 3.53. The summed E-state index contributed by atoms with van der Waals surface area (Å²) in [5.41, 5.74) is 1.78. The van der Waals surface area contributed by atoms with E-state index in [1.165, 1.54) is 29.8 Å². The summed E-state index contributed by atoms with van der Waals surface area (Å²) < 4.78 is 45.8. The molecule has 1 aliphatic rings. The number of nitrogens with zero attached hydrogens (tertiary/aromatic N) is 1. The topological polar surface area (TPSA) is 46.6 Å². The molecule has 1 saturated heterocycles. The molecule has 1 unspecified atom stereocenters. The molecule has 1 heterocycles. The maximum atomic E-state index is 13.0. The Labute approximate surface area is 154 Å². The Kier molecular flexibility index (Phi) is 5.94. The van der Waals surface area contributed by atoms with Crippen LogP contribution in [0.1, 0.15) is 24.0 Å². The summed E-state index contributed by atoms with van der Waals surface area (Å²) in [5.74, 6) is 0.520. The van der Waals surface area contributed by atoms with Gasteiger partial charge in [-0.05, 0) is 49.6 Å². The predicted molar refractivity (Wildman–Crippen MR) is 100.0 cm³/mol. The molecule has 0 aromatic heterocycles. The first-order valence-corrected chi connectivity index (χ1v) is 10.4. The molecule has 26 heavy (non-hydrogen) atoms. The highest BCUT2D eigenvalue weighted by molar-refractivity contribution is 7.88. The predicted octanol–water partition coefficient (Wildman–Crippen LogP) is 3.75. The third-order valence-corrected chi connectivity index (χ3v) is 6.46. The lowest BCUT2D eigenvalue weighted by molar-refractivity contribution is 0.180. The van der Waals surface area contributed by atoms with E-state index in [0.29, 0.717) is 25.3 Å². The van der Waals surface area contributed by atoms with E-state index in [1.807, 2.05) is 31.2 Å². The Morgan fingerprint density at radius 1 is 1.12 bits per heavy atom. The highest BCUT2D eigenvalue weighted by Crippen LogP contribution is 2.23. The smallest absolute Gasteiger partial charge is 0.218 e. The molecule has 0 N–H and O–H groups in total. The highest BCUT2D eigenvalue weighted by atomic mass is 32.2. The third-order valence-electron chi connectivity index (χ3n) is 4.64. The van der Waals surface area contributed by atoms with Crippen LogP contribution < -0.4 is 4.74 Å². The first-order chi connectivity index (χ1) is 12.4. The van der Waals surface area contributed by atoms with Crippen molar-refractivity contribution in [1.82, 2.24) is 4.31 Å². The number of hydrogen-bond acceptors (Lipinski definition) is 3. The fourth-order valence-corrected chi connectivity index (χ4v) is 4.79. The van der Waals surface area contributed by atoms with Gasteiger partial charge in [-0.2, -0.15) is 0 Å². The molecular weight excluding hydrogens is 353 g/mol. The maximum Gasteiger partial charge on any atom is 0.218 e. The van der Waals surface area contributed by atoms with Gasteiger partial charge in [-0.15, -0.1) is 0 Å². The molecule has 0 radical (unpaired) electrons. The Balaban J connectivity index is 1.58. The number of rotatable bonds is 6. The van der Waals surface area contributed by atoms with Crippen molar-refractivity contribution in [3.05, 3.63) is 65.5 Å². The van der Waals surface area contributed by atoms with Crippen molar-refractivity contribution in [3.8, 4) is 5.75 Å². The molecule has 1 fully saturated rings. The zero-order valence-corrected chi connectivity index (χ0v) is 15.7. The molecule has 3 rings (SSSR count). The number of aryl methyl sites for hydroxylation is 1. The van der Waals surface area contributed by atoms with Gasteiger partial charge in [0.2, 0.25) is 10.0 Å². The molecule has 6 heteroatoms. The number of piperidine rings is 1. The Morgan fingerprint density at radius 2 is 1.81 bits per heavy atom. The number of ether oxygens (including phenoxy) is 1. The monoisotopic (exact) mass is 377 g/mol. The molecule has 4 nitrogen and oxygen atoms in total. The lowest BCUT2D eigenvalue weighted by Gasteiger charge is -2.31. The van der Waals surface area contributed by atoms with Crippen LogP contribution in [0.5, 0.6) is 5.75 Å². The second-order valence-electron chi connectivity index (χ2n) is 6.87. The zero-order valence-electron chi connectivity index (χ0n) is 14.9. The first kappa shape index (κ1) is 18.9. The lowest BCUT2D eigenvalue weighted by Crippen LogP contribution is -2.42. The van der Waals surface area contributed by atoms with Gasteiger partial charge in [0.05, 0.1) is 12.4 Å². The van der Waals surface area contributed by atoms with Gasteiger partial charge >= 0.3 is 0 Å². The van der Waals surface area contributed by atoms with Gasteiger partial charge in [0.25, 0.3) is 0 Å². The van der Waals surface area contributed by atoms with Crippen molar-refractivity contribution in [1.29, 1.82) is 0 Å². The molecule has 1 aliphatic heterocycles. The van der Waals surface area contributed by atoms with Gasteiger partial charge in [0.1, 0.15) is 11.6 Å². The minimum absolute atomic E-state index is 0.0984. The van der Waals surface area contributed by atoms with Gasteiger partial charge in [-0.25, -0.2) is 17.1 Å². The van der Waals surface area contributed by atoms with Gasteiger partial charge in [-0.1, -0.05) is 29.8 Å². The first-order valence-electron chi connectivity index (χ1n) is 8.84. The Morgan fingerprint density at radius 3 is 2.50 bits per heavy atom. The van der Waals surface area contributed by atoms with E-state index < -0.39 is 10.0 Å². The van der Waals surface area contributed by atoms with Gasteiger partial charge in [0, 0.05) is 19.0 Å². The van der Waals surface area contributed by atoms with E-state index in [2.05, 4.69) is 0 Å². The average Bonchev–Trinajstić information content (AvgIpc) is 2.63. The van der Waals surface area contributed by atoms with Gasteiger partial charge in [-0.3, -0.25) is 0 Å².